The van der Waals surface area contributed by atoms with E-state index in [9.17, 15) is 0 Å². The number of rotatable bonds is 5. The van der Waals surface area contributed by atoms with Crippen molar-refractivity contribution >= 4 is 23.5 Å². The third-order valence-corrected chi connectivity index (χ3v) is 4.34. The molecule has 0 amide bonds. The lowest BCUT2D eigenvalue weighted by atomic mass is 10.3. The highest BCUT2D eigenvalue weighted by atomic mass is 32.2. The molecule has 1 heterocycles. The van der Waals surface area contributed by atoms with Crippen molar-refractivity contribution in [2.75, 3.05) is 23.5 Å². The molecule has 2 rings (SSSR count). The normalized spacial score (nSPS) is 16.9. The molecule has 0 unspecified atom stereocenters. The summed E-state index contributed by atoms with van der Waals surface area (Å²) in [6.07, 6.45) is 6.50. The van der Waals surface area contributed by atoms with Gasteiger partial charge in [-0.05, 0) is 26.0 Å². The monoisotopic (exact) mass is 239 g/mol. The maximum Gasteiger partial charge on any atom is 0.239 e. The van der Waals surface area contributed by atoms with Crippen molar-refractivity contribution in [1.82, 2.24) is 9.97 Å². The summed E-state index contributed by atoms with van der Waals surface area (Å²) in [5.74, 6) is 6.59. The minimum absolute atomic E-state index is 0.424. The minimum atomic E-state index is 0.424. The number of aryl methyl sites for hydroxylation is 1. The molecule has 0 radical (unpaired) electrons. The Balaban J connectivity index is 2.03. The third-order valence-electron chi connectivity index (χ3n) is 2.92. The first-order valence-corrected chi connectivity index (χ1v) is 6.51. The molecule has 4 N–H and O–H groups in total. The van der Waals surface area contributed by atoms with Crippen molar-refractivity contribution in [3.63, 3.8) is 0 Å². The first-order chi connectivity index (χ1) is 7.69. The molecule has 1 aliphatic carbocycles. The number of aromatic nitrogens is 2. The number of nitrogens with zero attached hydrogens (tertiary/aromatic N) is 2. The average molecular weight is 239 g/mol. The van der Waals surface area contributed by atoms with Gasteiger partial charge in [0.25, 0.3) is 0 Å². The van der Waals surface area contributed by atoms with Crippen LogP contribution in [0.2, 0.25) is 0 Å². The summed E-state index contributed by atoms with van der Waals surface area (Å²) in [6, 6.07) is 0. The molecule has 0 aromatic carbocycles. The first kappa shape index (κ1) is 11.5. The summed E-state index contributed by atoms with van der Waals surface area (Å²) in [4.78, 5) is 8.33. The fraction of sp³-hybridized carbons (Fsp3) is 0.600. The SMILES string of the molecule is CSC1(CNc2nc(NN)ncc2C)CC1. The molecular weight excluding hydrogens is 222 g/mol. The van der Waals surface area contributed by atoms with Crippen molar-refractivity contribution in [2.24, 2.45) is 5.84 Å². The number of nitrogens with two attached hydrogens (primary N) is 1. The molecule has 1 saturated carbocycles. The van der Waals surface area contributed by atoms with E-state index in [1.165, 1.54) is 12.8 Å². The molecular formula is C10H17N5S. The zero-order chi connectivity index (χ0) is 11.6. The van der Waals surface area contributed by atoms with Crippen molar-refractivity contribution in [1.29, 1.82) is 0 Å². The molecule has 6 heteroatoms. The Morgan fingerprint density at radius 3 is 2.88 bits per heavy atom. The molecule has 0 aliphatic heterocycles. The Bertz CT molecular complexity index is 377. The smallest absolute Gasteiger partial charge is 0.239 e. The van der Waals surface area contributed by atoms with E-state index in [0.29, 0.717) is 10.7 Å². The van der Waals surface area contributed by atoms with E-state index < -0.39 is 0 Å². The lowest BCUT2D eigenvalue weighted by Gasteiger charge is -2.15. The molecule has 5 nitrogen and oxygen atoms in total. The Kier molecular flexibility index (Phi) is 3.20. The summed E-state index contributed by atoms with van der Waals surface area (Å²) < 4.78 is 0.424. The van der Waals surface area contributed by atoms with Gasteiger partial charge in [-0.15, -0.1) is 0 Å². The molecule has 1 aliphatic rings. The molecule has 16 heavy (non-hydrogen) atoms. The number of hydrogen-bond acceptors (Lipinski definition) is 6. The molecule has 0 saturated heterocycles. The molecule has 1 aromatic heterocycles. The third kappa shape index (κ3) is 2.38. The topological polar surface area (TPSA) is 75.9 Å². The molecule has 0 atom stereocenters. The molecule has 1 aromatic rings. The summed E-state index contributed by atoms with van der Waals surface area (Å²) >= 11 is 1.93. The van der Waals surface area contributed by atoms with Crippen LogP contribution in [0.4, 0.5) is 11.8 Å². The van der Waals surface area contributed by atoms with Gasteiger partial charge < -0.3 is 5.32 Å². The second kappa shape index (κ2) is 4.47. The van der Waals surface area contributed by atoms with Crippen molar-refractivity contribution in [2.45, 2.75) is 24.5 Å². The molecule has 88 valence electrons. The minimum Gasteiger partial charge on any atom is -0.368 e. The quantitative estimate of drug-likeness (QED) is 0.532. The number of thioether (sulfide) groups is 1. The Hall–Kier alpha value is -1.01. The highest BCUT2D eigenvalue weighted by Gasteiger charge is 2.41. The van der Waals surface area contributed by atoms with Gasteiger partial charge in [0.2, 0.25) is 5.95 Å². The molecule has 1 fully saturated rings. The van der Waals surface area contributed by atoms with Crippen LogP contribution in [-0.2, 0) is 0 Å². The Morgan fingerprint density at radius 2 is 2.31 bits per heavy atom. The van der Waals surface area contributed by atoms with Crippen LogP contribution in [0.1, 0.15) is 18.4 Å². The van der Waals surface area contributed by atoms with Crippen LogP contribution in [0, 0.1) is 6.92 Å². The lowest BCUT2D eigenvalue weighted by Crippen LogP contribution is -2.19. The van der Waals surface area contributed by atoms with Gasteiger partial charge in [-0.2, -0.15) is 16.7 Å². The maximum absolute atomic E-state index is 5.28. The number of hydrogen-bond donors (Lipinski definition) is 3. The number of hydrazine groups is 1. The summed E-state index contributed by atoms with van der Waals surface area (Å²) in [6.45, 7) is 2.94. The highest BCUT2D eigenvalue weighted by Crippen LogP contribution is 2.47. The second-order valence-corrected chi connectivity index (χ2v) is 5.38. The number of anilines is 2. The van der Waals surface area contributed by atoms with E-state index in [4.69, 9.17) is 5.84 Å². The van der Waals surface area contributed by atoms with Crippen LogP contribution >= 0.6 is 11.8 Å². The average Bonchev–Trinajstić information content (AvgIpc) is 3.09. The first-order valence-electron chi connectivity index (χ1n) is 5.28. The highest BCUT2D eigenvalue weighted by molar-refractivity contribution is 8.00. The molecule has 0 bridgehead atoms. The predicted molar refractivity (Wildman–Crippen MR) is 68.5 cm³/mol. The largest absolute Gasteiger partial charge is 0.368 e. The van der Waals surface area contributed by atoms with E-state index in [2.05, 4.69) is 27.0 Å². The van der Waals surface area contributed by atoms with Gasteiger partial charge in [-0.3, -0.25) is 5.43 Å². The van der Waals surface area contributed by atoms with Gasteiger partial charge in [0.05, 0.1) is 0 Å². The predicted octanol–water partition coefficient (Wildman–Crippen LogP) is 1.38. The summed E-state index contributed by atoms with van der Waals surface area (Å²) in [7, 11) is 0. The Labute approximate surface area is 99.6 Å². The van der Waals surface area contributed by atoms with Gasteiger partial charge in [0.15, 0.2) is 0 Å². The second-order valence-electron chi connectivity index (χ2n) is 4.11. The van der Waals surface area contributed by atoms with Crippen LogP contribution in [0.3, 0.4) is 0 Å². The van der Waals surface area contributed by atoms with Crippen molar-refractivity contribution in [3.05, 3.63) is 11.8 Å². The fourth-order valence-corrected chi connectivity index (χ4v) is 2.25. The van der Waals surface area contributed by atoms with Crippen LogP contribution < -0.4 is 16.6 Å². The fourth-order valence-electron chi connectivity index (χ4n) is 1.53. The van der Waals surface area contributed by atoms with E-state index in [1.807, 2.05) is 18.7 Å². The van der Waals surface area contributed by atoms with Gasteiger partial charge in [-0.1, -0.05) is 0 Å². The van der Waals surface area contributed by atoms with Gasteiger partial charge in [-0.25, -0.2) is 10.8 Å². The van der Waals surface area contributed by atoms with Gasteiger partial charge in [0, 0.05) is 23.1 Å². The maximum atomic E-state index is 5.28. The van der Waals surface area contributed by atoms with E-state index in [-0.39, 0.29) is 0 Å². The van der Waals surface area contributed by atoms with Crippen LogP contribution in [0.25, 0.3) is 0 Å². The van der Waals surface area contributed by atoms with Crippen LogP contribution in [-0.4, -0.2) is 27.5 Å². The van der Waals surface area contributed by atoms with Crippen LogP contribution in [0.15, 0.2) is 6.20 Å². The van der Waals surface area contributed by atoms with Gasteiger partial charge >= 0.3 is 0 Å². The molecule has 0 spiro atoms. The van der Waals surface area contributed by atoms with E-state index >= 15 is 0 Å². The zero-order valence-electron chi connectivity index (χ0n) is 9.58. The standard InChI is InChI=1S/C10H17N5S/c1-7-5-12-9(15-11)14-8(7)13-6-10(16-2)3-4-10/h5H,3-4,6,11H2,1-2H3,(H2,12,13,14,15). The van der Waals surface area contributed by atoms with Gasteiger partial charge in [0.1, 0.15) is 5.82 Å². The number of nitrogens with one attached hydrogen (secondary N) is 2. The summed E-state index contributed by atoms with van der Waals surface area (Å²) in [5.41, 5.74) is 3.49. The number of nitrogen functional groups attached to an aromatic ring is 1. The lowest BCUT2D eigenvalue weighted by molar-refractivity contribution is 0.932. The Morgan fingerprint density at radius 1 is 1.56 bits per heavy atom. The summed E-state index contributed by atoms with van der Waals surface area (Å²) in [5, 5.41) is 3.37. The van der Waals surface area contributed by atoms with E-state index in [0.717, 1.165) is 17.9 Å². The van der Waals surface area contributed by atoms with Crippen LogP contribution in [0.5, 0.6) is 0 Å². The van der Waals surface area contributed by atoms with Crippen molar-refractivity contribution in [3.8, 4) is 0 Å². The van der Waals surface area contributed by atoms with Crippen molar-refractivity contribution < 1.29 is 0 Å². The zero-order valence-corrected chi connectivity index (χ0v) is 10.4. The van der Waals surface area contributed by atoms with E-state index in [1.54, 1.807) is 6.20 Å².